The van der Waals surface area contributed by atoms with Crippen molar-refractivity contribution in [1.82, 2.24) is 9.97 Å². The fourth-order valence-electron chi connectivity index (χ4n) is 4.49. The molecule has 2 aromatic carbocycles. The Morgan fingerprint density at radius 2 is 0.979 bits per heavy atom. The zero-order valence-electron chi connectivity index (χ0n) is 26.7. The molecule has 12 heteroatoms. The van der Waals surface area contributed by atoms with E-state index in [0.29, 0.717) is 49.1 Å². The molecule has 4 aromatic rings. The van der Waals surface area contributed by atoms with E-state index in [0.717, 1.165) is 45.3 Å². The number of aromatic nitrogens is 2. The van der Waals surface area contributed by atoms with Gasteiger partial charge in [-0.05, 0) is 68.5 Å². The highest BCUT2D eigenvalue weighted by atomic mass is 19.1. The molecule has 0 fully saturated rings. The Hall–Kier alpha value is -4.68. The molecule has 0 spiro atoms. The predicted molar refractivity (Wildman–Crippen MR) is 173 cm³/mol. The van der Waals surface area contributed by atoms with E-state index in [1.165, 1.54) is 12.4 Å². The molecule has 4 N–H and O–H groups in total. The van der Waals surface area contributed by atoms with Crippen LogP contribution in [0.3, 0.4) is 0 Å². The number of rotatable bonds is 19. The minimum Gasteiger partial charge on any atom is -0.494 e. The monoisotopic (exact) mass is 656 g/mol. The molecule has 0 aliphatic carbocycles. The number of H-pyrrole nitrogens is 2. The van der Waals surface area contributed by atoms with E-state index < -0.39 is 35.0 Å². The lowest BCUT2D eigenvalue weighted by molar-refractivity contribution is 0.0675. The molecule has 0 amide bonds. The Balaban J connectivity index is 0.000000257. The lowest BCUT2D eigenvalue weighted by atomic mass is 10.1. The third-order valence-electron chi connectivity index (χ3n) is 6.95. The number of halogens is 2. The maximum absolute atomic E-state index is 14.0. The summed E-state index contributed by atoms with van der Waals surface area (Å²) in [4.78, 5) is 26.5. The Morgan fingerprint density at radius 1 is 0.596 bits per heavy atom. The van der Waals surface area contributed by atoms with Gasteiger partial charge >= 0.3 is 11.9 Å². The van der Waals surface area contributed by atoms with E-state index in [1.807, 2.05) is 13.8 Å². The fourth-order valence-corrected chi connectivity index (χ4v) is 4.49. The van der Waals surface area contributed by atoms with Crippen molar-refractivity contribution in [2.75, 3.05) is 39.6 Å². The average Bonchev–Trinajstić information content (AvgIpc) is 3.65. The molecule has 0 saturated heterocycles. The van der Waals surface area contributed by atoms with Crippen LogP contribution < -0.4 is 9.47 Å². The lowest BCUT2D eigenvalue weighted by Crippen LogP contribution is -2.02. The van der Waals surface area contributed by atoms with Crippen LogP contribution in [0.4, 0.5) is 8.78 Å². The van der Waals surface area contributed by atoms with Crippen LogP contribution in [0, 0.1) is 11.6 Å². The number of carbonyl (C=O) groups is 2. The van der Waals surface area contributed by atoms with Crippen LogP contribution in [0.25, 0.3) is 22.3 Å². The van der Waals surface area contributed by atoms with Gasteiger partial charge in [0.05, 0.1) is 13.2 Å². The number of aromatic amines is 2. The molecule has 0 atom stereocenters. The molecule has 2 aromatic heterocycles. The van der Waals surface area contributed by atoms with Gasteiger partial charge in [0.15, 0.2) is 23.0 Å². The number of nitrogens with one attached hydrogen (secondary N) is 2. The van der Waals surface area contributed by atoms with Gasteiger partial charge in [0.25, 0.3) is 0 Å². The number of benzene rings is 2. The summed E-state index contributed by atoms with van der Waals surface area (Å²) < 4.78 is 49.7. The van der Waals surface area contributed by atoms with Crippen molar-refractivity contribution in [3.8, 4) is 33.8 Å². The van der Waals surface area contributed by atoms with Crippen LogP contribution in [-0.4, -0.2) is 71.8 Å². The summed E-state index contributed by atoms with van der Waals surface area (Å²) in [5.41, 5.74) is 0.775. The minimum absolute atomic E-state index is 0.222. The van der Waals surface area contributed by atoms with Gasteiger partial charge in [0.1, 0.15) is 11.5 Å². The number of hydrogen-bond acceptors (Lipinski definition) is 6. The molecule has 47 heavy (non-hydrogen) atoms. The Bertz CT molecular complexity index is 1520. The van der Waals surface area contributed by atoms with Crippen molar-refractivity contribution in [3.05, 3.63) is 83.9 Å². The molecule has 254 valence electrons. The molecule has 4 rings (SSSR count). The summed E-state index contributed by atoms with van der Waals surface area (Å²) >= 11 is 0. The largest absolute Gasteiger partial charge is 0.494 e. The first-order valence-corrected chi connectivity index (χ1v) is 15.6. The molecule has 0 bridgehead atoms. The maximum atomic E-state index is 14.0. The smallest absolute Gasteiger partial charge is 0.355 e. The van der Waals surface area contributed by atoms with E-state index in [1.54, 1.807) is 48.5 Å². The number of hydrogen-bond donors (Lipinski definition) is 4. The van der Waals surface area contributed by atoms with Crippen LogP contribution in [0.5, 0.6) is 11.5 Å². The maximum Gasteiger partial charge on any atom is 0.355 e. The van der Waals surface area contributed by atoms with Crippen LogP contribution in [0.1, 0.15) is 66.9 Å². The molecule has 0 saturated carbocycles. The average molecular weight is 657 g/mol. The van der Waals surface area contributed by atoms with Gasteiger partial charge < -0.3 is 39.1 Å². The van der Waals surface area contributed by atoms with Gasteiger partial charge in [-0.25, -0.2) is 18.4 Å². The molecule has 10 nitrogen and oxygen atoms in total. The van der Waals surface area contributed by atoms with Gasteiger partial charge in [-0.1, -0.05) is 30.7 Å². The van der Waals surface area contributed by atoms with Crippen molar-refractivity contribution in [3.63, 3.8) is 0 Å². The van der Waals surface area contributed by atoms with Gasteiger partial charge in [-0.15, -0.1) is 0 Å². The first-order valence-electron chi connectivity index (χ1n) is 15.6. The number of ether oxygens (including phenoxy) is 4. The third kappa shape index (κ3) is 11.6. The third-order valence-corrected chi connectivity index (χ3v) is 6.95. The lowest BCUT2D eigenvalue weighted by Gasteiger charge is -2.07. The van der Waals surface area contributed by atoms with E-state index in [-0.39, 0.29) is 11.1 Å². The SMILES string of the molecule is CCOCCCCCCOc1ccc(-c2c[nH]c(C(=O)O)c2F)cc1.CCOCCCOc1ccc(-c2c[nH]c(C(=O)O)c2F)cc1. The van der Waals surface area contributed by atoms with Crippen LogP contribution in [-0.2, 0) is 9.47 Å². The first kappa shape index (κ1) is 36.8. The summed E-state index contributed by atoms with van der Waals surface area (Å²) in [6, 6.07) is 13.8. The fraction of sp³-hybridized carbons (Fsp3) is 0.371. The van der Waals surface area contributed by atoms with Crippen molar-refractivity contribution in [2.45, 2.75) is 46.0 Å². The van der Waals surface area contributed by atoms with Crippen LogP contribution in [0.2, 0.25) is 0 Å². The van der Waals surface area contributed by atoms with Crippen molar-refractivity contribution in [1.29, 1.82) is 0 Å². The summed E-state index contributed by atoms with van der Waals surface area (Å²) in [5.74, 6) is -2.77. The van der Waals surface area contributed by atoms with Crippen LogP contribution in [0.15, 0.2) is 60.9 Å². The number of unbranched alkanes of at least 4 members (excludes halogenated alkanes) is 3. The summed E-state index contributed by atoms with van der Waals surface area (Å²) in [7, 11) is 0. The Labute approximate surface area is 272 Å². The summed E-state index contributed by atoms with van der Waals surface area (Å²) in [6.07, 6.45) is 7.77. The van der Waals surface area contributed by atoms with Crippen molar-refractivity contribution >= 4 is 11.9 Å². The van der Waals surface area contributed by atoms with Gasteiger partial charge in [-0.2, -0.15) is 0 Å². The second-order valence-electron chi connectivity index (χ2n) is 10.3. The quantitative estimate of drug-likeness (QED) is 0.0749. The molecule has 0 unspecified atom stereocenters. The van der Waals surface area contributed by atoms with E-state index in [9.17, 15) is 18.4 Å². The van der Waals surface area contributed by atoms with Gasteiger partial charge in [0.2, 0.25) is 0 Å². The second kappa shape index (κ2) is 19.7. The second-order valence-corrected chi connectivity index (χ2v) is 10.3. The number of carboxylic acids is 2. The Kier molecular flexibility index (Phi) is 15.5. The molecule has 0 aliphatic heterocycles. The summed E-state index contributed by atoms with van der Waals surface area (Å²) in [5, 5.41) is 17.7. The highest BCUT2D eigenvalue weighted by molar-refractivity contribution is 5.89. The van der Waals surface area contributed by atoms with Gasteiger partial charge in [-0.3, -0.25) is 0 Å². The highest BCUT2D eigenvalue weighted by Crippen LogP contribution is 2.28. The van der Waals surface area contributed by atoms with E-state index in [2.05, 4.69) is 9.97 Å². The first-order chi connectivity index (χ1) is 22.8. The molecular weight excluding hydrogens is 614 g/mol. The molecule has 2 heterocycles. The van der Waals surface area contributed by atoms with Crippen molar-refractivity contribution in [2.24, 2.45) is 0 Å². The molecule has 0 radical (unpaired) electrons. The van der Waals surface area contributed by atoms with Gasteiger partial charge in [0, 0.05) is 56.4 Å². The highest BCUT2D eigenvalue weighted by Gasteiger charge is 2.18. The summed E-state index contributed by atoms with van der Waals surface area (Å²) in [6.45, 7) is 8.04. The minimum atomic E-state index is -1.32. The number of carboxylic acid groups (broad SMARTS) is 2. The zero-order valence-corrected chi connectivity index (χ0v) is 26.7. The standard InChI is InChI=1S/C19H24FNO4.C16H18FNO4/c1-2-24-11-5-3-4-6-12-25-15-9-7-14(8-10-15)16-13-21-18(17(16)20)19(22)23;1-2-21-8-3-9-22-12-6-4-11(5-7-12)13-10-18-15(14(13)17)16(19)20/h7-10,13,21H,2-6,11-12H2,1H3,(H,22,23);4-7,10,18H,2-3,8-9H2,1H3,(H,19,20). The molecule has 0 aliphatic rings. The Morgan fingerprint density at radius 3 is 1.36 bits per heavy atom. The topological polar surface area (TPSA) is 143 Å². The zero-order chi connectivity index (χ0) is 34.0. The number of aromatic carboxylic acids is 2. The predicted octanol–water partition coefficient (Wildman–Crippen LogP) is 7.82. The van der Waals surface area contributed by atoms with Crippen molar-refractivity contribution < 1.29 is 47.5 Å². The van der Waals surface area contributed by atoms with E-state index >= 15 is 0 Å². The normalized spacial score (nSPS) is 10.7. The molecular formula is C35H42F2N2O8. The van der Waals surface area contributed by atoms with Crippen LogP contribution >= 0.6 is 0 Å². The van der Waals surface area contributed by atoms with E-state index in [4.69, 9.17) is 29.2 Å².